The van der Waals surface area contributed by atoms with Crippen LogP contribution in [0.5, 0.6) is 0 Å². The molecule has 1 spiro atoms. The minimum Gasteiger partial charge on any atom is -0.381 e. The van der Waals surface area contributed by atoms with E-state index in [9.17, 15) is 9.18 Å². The lowest BCUT2D eigenvalue weighted by Gasteiger charge is -2.33. The summed E-state index contributed by atoms with van der Waals surface area (Å²) >= 11 is 0. The van der Waals surface area contributed by atoms with E-state index < -0.39 is 0 Å². The van der Waals surface area contributed by atoms with Gasteiger partial charge in [-0.15, -0.1) is 0 Å². The van der Waals surface area contributed by atoms with Crippen molar-refractivity contribution in [2.45, 2.75) is 32.2 Å². The summed E-state index contributed by atoms with van der Waals surface area (Å²) in [5.41, 5.74) is 1.24. The van der Waals surface area contributed by atoms with E-state index in [1.165, 1.54) is 6.07 Å². The van der Waals surface area contributed by atoms with Crippen LogP contribution < -0.4 is 5.32 Å². The van der Waals surface area contributed by atoms with E-state index in [0.29, 0.717) is 17.1 Å². The van der Waals surface area contributed by atoms with E-state index in [-0.39, 0.29) is 23.2 Å². The van der Waals surface area contributed by atoms with Crippen molar-refractivity contribution in [2.75, 3.05) is 31.6 Å². The molecular weight excluding hydrogens is 359 g/mol. The van der Waals surface area contributed by atoms with Gasteiger partial charge < -0.3 is 15.0 Å². The van der Waals surface area contributed by atoms with Gasteiger partial charge in [-0.1, -0.05) is 18.2 Å². The molecule has 2 aromatic rings. The Morgan fingerprint density at radius 2 is 1.93 bits per heavy atom. The molecule has 28 heavy (non-hydrogen) atoms. The van der Waals surface area contributed by atoms with Gasteiger partial charge in [-0.05, 0) is 37.7 Å². The number of anilines is 1. The molecule has 0 saturated carbocycles. The van der Waals surface area contributed by atoms with Crippen LogP contribution >= 0.6 is 0 Å². The first-order valence-corrected chi connectivity index (χ1v) is 9.76. The molecule has 2 fully saturated rings. The number of carbonyl (C=O) groups excluding carboxylic acids is 1. The zero-order chi connectivity index (χ0) is 19.6. The lowest BCUT2D eigenvalue weighted by atomic mass is 9.80. The Balaban J connectivity index is 1.39. The second kappa shape index (κ2) is 7.83. The predicted molar refractivity (Wildman–Crippen MR) is 103 cm³/mol. The fourth-order valence-corrected chi connectivity index (χ4v) is 4.11. The predicted octanol–water partition coefficient (Wildman–Crippen LogP) is 3.43. The van der Waals surface area contributed by atoms with Gasteiger partial charge in [0.05, 0.1) is 11.6 Å². The third kappa shape index (κ3) is 3.85. The highest BCUT2D eigenvalue weighted by Crippen LogP contribution is 2.40. The molecule has 1 aromatic heterocycles. The molecule has 1 atom stereocenters. The van der Waals surface area contributed by atoms with Crippen molar-refractivity contribution in [3.63, 3.8) is 0 Å². The fraction of sp³-hybridized carbons (Fsp3) is 0.476. The summed E-state index contributed by atoms with van der Waals surface area (Å²) in [6.45, 7) is 4.96. The Morgan fingerprint density at radius 3 is 2.64 bits per heavy atom. The molecule has 0 radical (unpaired) electrons. The van der Waals surface area contributed by atoms with Crippen LogP contribution in [0, 0.1) is 11.2 Å². The Kier molecular flexibility index (Phi) is 5.26. The van der Waals surface area contributed by atoms with Crippen LogP contribution in [-0.2, 0) is 4.74 Å². The van der Waals surface area contributed by atoms with E-state index in [2.05, 4.69) is 15.3 Å². The van der Waals surface area contributed by atoms with Crippen molar-refractivity contribution >= 4 is 11.9 Å². The molecule has 0 bridgehead atoms. The summed E-state index contributed by atoms with van der Waals surface area (Å²) < 4.78 is 19.4. The SMILES string of the molecule is C[C@@H](Nc1ncc(C(=O)N2CCC3(CCOCC3)C2)cn1)c1ccccc1F. The van der Waals surface area contributed by atoms with Gasteiger partial charge in [-0.3, -0.25) is 4.79 Å². The van der Waals surface area contributed by atoms with E-state index in [0.717, 1.165) is 45.6 Å². The van der Waals surface area contributed by atoms with E-state index in [1.807, 2.05) is 11.8 Å². The van der Waals surface area contributed by atoms with Gasteiger partial charge in [0.1, 0.15) is 5.82 Å². The highest BCUT2D eigenvalue weighted by atomic mass is 19.1. The molecule has 148 valence electrons. The third-order valence-corrected chi connectivity index (χ3v) is 5.90. The lowest BCUT2D eigenvalue weighted by molar-refractivity contribution is 0.0191. The van der Waals surface area contributed by atoms with E-state index >= 15 is 0 Å². The molecule has 0 unspecified atom stereocenters. The first-order valence-electron chi connectivity index (χ1n) is 9.76. The largest absolute Gasteiger partial charge is 0.381 e. The van der Waals surface area contributed by atoms with E-state index in [4.69, 9.17) is 4.74 Å². The monoisotopic (exact) mass is 384 g/mol. The summed E-state index contributed by atoms with van der Waals surface area (Å²) in [7, 11) is 0. The van der Waals surface area contributed by atoms with Gasteiger partial charge in [0.25, 0.3) is 5.91 Å². The summed E-state index contributed by atoms with van der Waals surface area (Å²) in [4.78, 5) is 23.2. The number of hydrogen-bond donors (Lipinski definition) is 1. The van der Waals surface area contributed by atoms with Crippen molar-refractivity contribution in [1.82, 2.24) is 14.9 Å². The summed E-state index contributed by atoms with van der Waals surface area (Å²) in [6.07, 6.45) is 6.15. The molecule has 1 N–H and O–H groups in total. The van der Waals surface area contributed by atoms with Crippen LogP contribution in [0.25, 0.3) is 0 Å². The second-order valence-electron chi connectivity index (χ2n) is 7.77. The number of nitrogens with one attached hydrogen (secondary N) is 1. The van der Waals surface area contributed by atoms with Crippen LogP contribution in [0.1, 0.15) is 48.1 Å². The minimum atomic E-state index is -0.283. The Bertz CT molecular complexity index is 837. The standard InChI is InChI=1S/C21H25FN4O2/c1-15(17-4-2-3-5-18(17)22)25-20-23-12-16(13-24-20)19(27)26-9-6-21(14-26)7-10-28-11-8-21/h2-5,12-13,15H,6-11,14H2,1H3,(H,23,24,25)/t15-/m1/s1. The first kappa shape index (κ1) is 18.8. The van der Waals surface area contributed by atoms with Crippen LogP contribution in [0.4, 0.5) is 10.3 Å². The van der Waals surface area contributed by atoms with Crippen molar-refractivity contribution in [3.8, 4) is 0 Å². The van der Waals surface area contributed by atoms with Gasteiger partial charge in [0.15, 0.2) is 0 Å². The number of nitrogens with zero attached hydrogens (tertiary/aromatic N) is 3. The zero-order valence-electron chi connectivity index (χ0n) is 16.0. The molecule has 0 aliphatic carbocycles. The number of benzene rings is 1. The number of amides is 1. The molecule has 2 aliphatic heterocycles. The third-order valence-electron chi connectivity index (χ3n) is 5.90. The molecule has 1 amide bonds. The van der Waals surface area contributed by atoms with Gasteiger partial charge in [-0.2, -0.15) is 0 Å². The number of aromatic nitrogens is 2. The Labute approximate surface area is 164 Å². The quantitative estimate of drug-likeness (QED) is 0.875. The summed E-state index contributed by atoms with van der Waals surface area (Å²) in [5, 5.41) is 3.08. The van der Waals surface area contributed by atoms with Crippen molar-refractivity contribution in [2.24, 2.45) is 5.41 Å². The maximum absolute atomic E-state index is 13.9. The van der Waals surface area contributed by atoms with Crippen molar-refractivity contribution in [1.29, 1.82) is 0 Å². The van der Waals surface area contributed by atoms with Gasteiger partial charge in [-0.25, -0.2) is 14.4 Å². The van der Waals surface area contributed by atoms with Gasteiger partial charge in [0.2, 0.25) is 5.95 Å². The molecule has 2 aliphatic rings. The normalized spacial score (nSPS) is 19.6. The zero-order valence-corrected chi connectivity index (χ0v) is 16.0. The van der Waals surface area contributed by atoms with Crippen LogP contribution in [-0.4, -0.2) is 47.1 Å². The smallest absolute Gasteiger partial charge is 0.257 e. The molecule has 3 heterocycles. The molecule has 2 saturated heterocycles. The molecule has 4 rings (SSSR count). The average molecular weight is 384 g/mol. The fourth-order valence-electron chi connectivity index (χ4n) is 4.11. The first-order chi connectivity index (χ1) is 13.6. The molecule has 7 heteroatoms. The maximum atomic E-state index is 13.9. The number of ether oxygens (including phenoxy) is 1. The van der Waals surface area contributed by atoms with Gasteiger partial charge in [0, 0.05) is 44.3 Å². The van der Waals surface area contributed by atoms with Crippen LogP contribution in [0.2, 0.25) is 0 Å². The number of rotatable bonds is 4. The maximum Gasteiger partial charge on any atom is 0.257 e. The summed E-state index contributed by atoms with van der Waals surface area (Å²) in [5.74, 6) is 0.0667. The highest BCUT2D eigenvalue weighted by molar-refractivity contribution is 5.94. The second-order valence-corrected chi connectivity index (χ2v) is 7.77. The number of halogens is 1. The average Bonchev–Trinajstić information content (AvgIpc) is 3.12. The van der Waals surface area contributed by atoms with Crippen molar-refractivity contribution in [3.05, 3.63) is 53.6 Å². The summed E-state index contributed by atoms with van der Waals surface area (Å²) in [6, 6.07) is 6.32. The minimum absolute atomic E-state index is 0.0305. The molecule has 1 aromatic carbocycles. The number of carbonyl (C=O) groups is 1. The highest BCUT2D eigenvalue weighted by Gasteiger charge is 2.41. The Morgan fingerprint density at radius 1 is 1.21 bits per heavy atom. The van der Waals surface area contributed by atoms with Crippen LogP contribution in [0.15, 0.2) is 36.7 Å². The van der Waals surface area contributed by atoms with Crippen LogP contribution in [0.3, 0.4) is 0 Å². The van der Waals surface area contributed by atoms with Crippen molar-refractivity contribution < 1.29 is 13.9 Å². The Hall–Kier alpha value is -2.54. The number of hydrogen-bond acceptors (Lipinski definition) is 5. The van der Waals surface area contributed by atoms with Gasteiger partial charge >= 0.3 is 0 Å². The molecular formula is C21H25FN4O2. The lowest BCUT2D eigenvalue weighted by Crippen LogP contribution is -2.35. The number of likely N-dealkylation sites (tertiary alicyclic amines) is 1. The topological polar surface area (TPSA) is 67.4 Å². The van der Waals surface area contributed by atoms with E-state index in [1.54, 1.807) is 30.6 Å². The molecule has 6 nitrogen and oxygen atoms in total.